The molecule has 0 aliphatic carbocycles. The van der Waals surface area contributed by atoms with Crippen LogP contribution in [0.5, 0.6) is 0 Å². The van der Waals surface area contributed by atoms with E-state index in [2.05, 4.69) is 42.2 Å². The van der Waals surface area contributed by atoms with Crippen LogP contribution in [0.25, 0.3) is 0 Å². The van der Waals surface area contributed by atoms with Gasteiger partial charge in [-0.3, -0.25) is 48.1 Å². The number of benzene rings is 2. The van der Waals surface area contributed by atoms with E-state index in [-0.39, 0.29) is 50.7 Å². The molecule has 10 amide bonds. The molecular weight excluding hydrogens is 1130 g/mol. The number of aliphatic imine (C=N–C) groups is 1. The number of amides is 10. The fourth-order valence-corrected chi connectivity index (χ4v) is 8.17. The molecule has 0 unspecified atom stereocenters. The Morgan fingerprint density at radius 2 is 1.06 bits per heavy atom. The van der Waals surface area contributed by atoms with Crippen molar-refractivity contribution in [3.63, 3.8) is 0 Å². The van der Waals surface area contributed by atoms with E-state index in [0.29, 0.717) is 11.1 Å². The first-order valence-electron chi connectivity index (χ1n) is 27.8. The number of carboxylic acids is 1. The van der Waals surface area contributed by atoms with Crippen LogP contribution >= 0.6 is 0 Å². The molecule has 2 aromatic rings. The summed E-state index contributed by atoms with van der Waals surface area (Å²) >= 11 is 0. The molecule has 0 saturated heterocycles. The summed E-state index contributed by atoms with van der Waals surface area (Å²) in [5, 5.41) is 72.2. The zero-order valence-electron chi connectivity index (χ0n) is 49.4. The van der Waals surface area contributed by atoms with Gasteiger partial charge in [-0.1, -0.05) is 109 Å². The summed E-state index contributed by atoms with van der Waals surface area (Å²) in [4.78, 5) is 152. The zero-order valence-corrected chi connectivity index (χ0v) is 49.4. The normalized spacial score (nSPS) is 16.1. The molecule has 0 radical (unpaired) electrons. The Morgan fingerprint density at radius 3 is 1.58 bits per heavy atom. The predicted octanol–water partition coefficient (Wildman–Crippen LogP) is -4.65. The number of rotatable bonds is 36. The number of nitrogens with one attached hydrogen (secondary N) is 9. The Balaban J connectivity index is 2.47. The number of hydrogen-bond acceptors (Lipinski definition) is 18. The van der Waals surface area contributed by atoms with Gasteiger partial charge in [0, 0.05) is 6.54 Å². The third kappa shape index (κ3) is 24.2. The number of hydrogen-bond donors (Lipinski definition) is 18. The molecule has 0 bridgehead atoms. The van der Waals surface area contributed by atoms with Crippen molar-refractivity contribution in [3.05, 3.63) is 71.8 Å². The number of aliphatic carboxylic acids is 1. The molecule has 86 heavy (non-hydrogen) atoms. The van der Waals surface area contributed by atoms with Gasteiger partial charge in [0.15, 0.2) is 12.1 Å². The highest BCUT2D eigenvalue weighted by Crippen LogP contribution is 2.18. The summed E-state index contributed by atoms with van der Waals surface area (Å²) < 4.78 is 5.38. The van der Waals surface area contributed by atoms with Crippen LogP contribution in [0.1, 0.15) is 98.2 Å². The van der Waals surface area contributed by atoms with Gasteiger partial charge in [-0.25, -0.2) is 9.59 Å². The molecule has 31 nitrogen and oxygen atoms in total. The van der Waals surface area contributed by atoms with Gasteiger partial charge in [0.1, 0.15) is 61.0 Å². The lowest BCUT2D eigenvalue weighted by atomic mass is 9.95. The van der Waals surface area contributed by atoms with E-state index in [4.69, 9.17) is 27.7 Å². The highest BCUT2D eigenvalue weighted by Gasteiger charge is 2.41. The molecule has 0 fully saturated rings. The third-order valence-electron chi connectivity index (χ3n) is 13.4. The first-order chi connectivity index (χ1) is 40.3. The lowest BCUT2D eigenvalue weighted by Gasteiger charge is -2.32. The molecule has 2 aromatic carbocycles. The lowest BCUT2D eigenvalue weighted by molar-refractivity contribution is -0.145. The number of nitrogens with zero attached hydrogens (tertiary/aromatic N) is 1. The van der Waals surface area contributed by atoms with Gasteiger partial charge >= 0.3 is 12.1 Å². The highest BCUT2D eigenvalue weighted by atomic mass is 16.5. The third-order valence-corrected chi connectivity index (χ3v) is 13.4. The van der Waals surface area contributed by atoms with E-state index in [0.717, 1.165) is 13.8 Å². The molecule has 31 heteroatoms. The Hall–Kier alpha value is -8.52. The van der Waals surface area contributed by atoms with Crippen LogP contribution in [0.2, 0.25) is 0 Å². The molecule has 22 N–H and O–H groups in total. The van der Waals surface area contributed by atoms with E-state index in [1.807, 2.05) is 10.6 Å². The summed E-state index contributed by atoms with van der Waals surface area (Å²) in [7, 11) is 0. The summed E-state index contributed by atoms with van der Waals surface area (Å²) in [5.74, 6) is -14.2. The minimum Gasteiger partial charge on any atom is -0.480 e. The predicted molar refractivity (Wildman–Crippen MR) is 309 cm³/mol. The number of carbonyl (C=O) groups is 11. The molecule has 0 heterocycles. The fraction of sp³-hybridized carbons (Fsp3) is 0.564. The van der Waals surface area contributed by atoms with Crippen LogP contribution in [0.15, 0.2) is 65.7 Å². The Labute approximate surface area is 497 Å². The van der Waals surface area contributed by atoms with Crippen LogP contribution < -0.4 is 70.8 Å². The zero-order chi connectivity index (χ0) is 65.1. The molecule has 0 saturated carbocycles. The number of aliphatic hydroxyl groups is 4. The molecule has 0 aliphatic rings. The monoisotopic (exact) mass is 1210 g/mol. The maximum atomic E-state index is 14.5. The number of guanidine groups is 1. The van der Waals surface area contributed by atoms with Crippen LogP contribution in [0.3, 0.4) is 0 Å². The van der Waals surface area contributed by atoms with Crippen molar-refractivity contribution in [2.45, 2.75) is 166 Å². The topological polar surface area (TPSA) is 523 Å². The lowest BCUT2D eigenvalue weighted by Crippen LogP contribution is -2.64. The van der Waals surface area contributed by atoms with Crippen molar-refractivity contribution in [2.24, 2.45) is 45.7 Å². The standard InChI is InChI=1S/C55H86N14O17/c1-9-28(6)37(48(78)66-38(30(8)71)49(79)61-29(7)45(75)67-41(43(73)44(57)74)52(82)64-35(24-70)53(83)84)65-46(76)33(21-16-22-60-54(58)59)62-47(77)34(23-26(2)3)63-51(81)40(42(72)27(4)5)68-50(80)39(36(56)32-19-14-11-15-20-32)69-55(85)86-25-31-17-12-10-13-18-31/h10-15,17-20,26-30,33-43,70-73H,9,16,21-25,56H2,1-8H3,(H2,57,74)(H,61,79)(H,62,77)(H,63,81)(H,64,82)(H,65,76)(H,66,78)(H,67,75)(H,68,80)(H,69,85)(H,83,84)(H4,58,59,60)/t28-,29+,30-,33+,34-,35-,36+,37-,38-,39-,40-,41-,42+,43-/m0/s1. The van der Waals surface area contributed by atoms with E-state index < -0.39 is 162 Å². The number of carbonyl (C=O) groups excluding carboxylic acids is 10. The number of nitrogens with two attached hydrogens (primary N) is 4. The van der Waals surface area contributed by atoms with Gasteiger partial charge < -0.3 is 101 Å². The van der Waals surface area contributed by atoms with Crippen molar-refractivity contribution in [2.75, 3.05) is 13.2 Å². The second-order valence-electron chi connectivity index (χ2n) is 21.3. The van der Waals surface area contributed by atoms with Crippen LogP contribution in [0, 0.1) is 17.8 Å². The van der Waals surface area contributed by atoms with Gasteiger partial charge in [0.05, 0.1) is 24.9 Å². The molecule has 2 rings (SSSR count). The van der Waals surface area contributed by atoms with Crippen LogP contribution in [-0.2, 0) is 59.3 Å². The second kappa shape index (κ2) is 36.4. The smallest absolute Gasteiger partial charge is 0.408 e. The van der Waals surface area contributed by atoms with Crippen molar-refractivity contribution < 1.29 is 83.0 Å². The minimum absolute atomic E-state index is 0.0392. The maximum absolute atomic E-state index is 14.5. The number of primary amides is 1. The summed E-state index contributed by atoms with van der Waals surface area (Å²) in [6, 6.07) is 0.172. The number of carboxylic acid groups (broad SMARTS) is 1. The van der Waals surface area contributed by atoms with Gasteiger partial charge in [-0.2, -0.15) is 0 Å². The van der Waals surface area contributed by atoms with Crippen LogP contribution in [0.4, 0.5) is 4.79 Å². The van der Waals surface area contributed by atoms with Crippen molar-refractivity contribution in [1.29, 1.82) is 0 Å². The molecule has 0 spiro atoms. The molecule has 0 aliphatic heterocycles. The Morgan fingerprint density at radius 1 is 0.570 bits per heavy atom. The van der Waals surface area contributed by atoms with E-state index >= 15 is 0 Å². The molecular formula is C55H86N14O17. The van der Waals surface area contributed by atoms with Gasteiger partial charge in [-0.15, -0.1) is 0 Å². The Kier molecular flexibility index (Phi) is 31.1. The summed E-state index contributed by atoms with van der Waals surface area (Å²) in [5.41, 5.74) is 23.8. The molecule has 14 atom stereocenters. The number of aliphatic hydroxyl groups excluding tert-OH is 4. The van der Waals surface area contributed by atoms with Crippen molar-refractivity contribution in [3.8, 4) is 0 Å². The first-order valence-corrected chi connectivity index (χ1v) is 27.8. The fourth-order valence-electron chi connectivity index (χ4n) is 8.17. The number of ether oxygens (including phenoxy) is 1. The SMILES string of the molecule is CC[C@H](C)[C@H](NC(=O)[C@@H](CCCN=C(N)N)NC(=O)[C@H](CC(C)C)NC(=O)[C@@H](NC(=O)[C@@H](NC(=O)OCc1ccccc1)[C@H](N)c1ccccc1)[C@H](O)C(C)C)C(=O)N[C@H](C(=O)N[C@H](C)C(=O)N[C@H](C(=O)N[C@@H](CO)C(=O)O)[C@H](O)C(N)=O)[C@H](C)O. The minimum atomic E-state index is -2.44. The van der Waals surface area contributed by atoms with E-state index in [9.17, 15) is 78.3 Å². The largest absolute Gasteiger partial charge is 0.480 e. The maximum Gasteiger partial charge on any atom is 0.408 e. The van der Waals surface area contributed by atoms with Crippen molar-refractivity contribution >= 4 is 71.2 Å². The Bertz CT molecular complexity index is 2630. The van der Waals surface area contributed by atoms with Gasteiger partial charge in [0.25, 0.3) is 0 Å². The quantitative estimate of drug-likeness (QED) is 0.0173. The van der Waals surface area contributed by atoms with Crippen LogP contribution in [-0.4, -0.2) is 183 Å². The summed E-state index contributed by atoms with van der Waals surface area (Å²) in [6.45, 7) is 10.7. The van der Waals surface area contributed by atoms with Gasteiger partial charge in [0.2, 0.25) is 53.2 Å². The second-order valence-corrected chi connectivity index (χ2v) is 21.3. The summed E-state index contributed by atoms with van der Waals surface area (Å²) in [6.07, 6.45) is -6.75. The van der Waals surface area contributed by atoms with Gasteiger partial charge in [-0.05, 0) is 62.0 Å². The average Bonchev–Trinajstić information content (AvgIpc) is 3.59. The first kappa shape index (κ1) is 73.6. The number of alkyl carbamates (subject to hydrolysis) is 1. The van der Waals surface area contributed by atoms with Crippen molar-refractivity contribution in [1.82, 2.24) is 47.9 Å². The molecule has 0 aromatic heterocycles. The van der Waals surface area contributed by atoms with E-state index in [1.165, 1.54) is 0 Å². The highest BCUT2D eigenvalue weighted by molar-refractivity contribution is 6.00. The molecule has 478 valence electrons. The average molecular weight is 1220 g/mol. The van der Waals surface area contributed by atoms with E-state index in [1.54, 1.807) is 102 Å².